The van der Waals surface area contributed by atoms with Crippen LogP contribution in [-0.4, -0.2) is 53.1 Å². The predicted octanol–water partition coefficient (Wildman–Crippen LogP) is 5.79. The molecule has 0 radical (unpaired) electrons. The Morgan fingerprint density at radius 2 is 1.74 bits per heavy atom. The SMILES string of the molecule is CN(C)c1ccc(NC(=S)N2CCC(c3nc(C(=O)Nc4nc(C(C)(C)C)cs4)cs3)CC2)cc1. The van der Waals surface area contributed by atoms with Gasteiger partial charge in [-0.05, 0) is 49.3 Å². The van der Waals surface area contributed by atoms with E-state index in [-0.39, 0.29) is 11.3 Å². The Balaban J connectivity index is 1.29. The van der Waals surface area contributed by atoms with E-state index in [0.29, 0.717) is 16.7 Å². The van der Waals surface area contributed by atoms with Crippen molar-refractivity contribution in [1.29, 1.82) is 0 Å². The van der Waals surface area contributed by atoms with Crippen LogP contribution in [0.15, 0.2) is 35.0 Å². The number of nitrogens with one attached hydrogen (secondary N) is 2. The van der Waals surface area contributed by atoms with Gasteiger partial charge >= 0.3 is 0 Å². The van der Waals surface area contributed by atoms with Gasteiger partial charge in [-0.3, -0.25) is 10.1 Å². The van der Waals surface area contributed by atoms with E-state index in [9.17, 15) is 4.79 Å². The van der Waals surface area contributed by atoms with Crippen molar-refractivity contribution in [2.45, 2.75) is 44.9 Å². The first-order chi connectivity index (χ1) is 16.6. The molecular formula is C25H32N6OS3. The normalized spacial score (nSPS) is 14.6. The van der Waals surface area contributed by atoms with Crippen molar-refractivity contribution < 1.29 is 4.79 Å². The molecular weight excluding hydrogens is 497 g/mol. The maximum atomic E-state index is 12.7. The summed E-state index contributed by atoms with van der Waals surface area (Å²) in [6, 6.07) is 8.25. The molecule has 0 bridgehead atoms. The standard InChI is InChI=1S/C25H32N6OS3/c1-25(2,3)20-15-35-23(28-20)29-21(32)19-14-34-22(27-19)16-10-12-31(13-11-16)24(33)26-17-6-8-18(9-7-17)30(4)5/h6-9,14-16H,10-13H2,1-5H3,(H,26,33)(H,28,29,32). The first kappa shape index (κ1) is 25.5. The zero-order valence-electron chi connectivity index (χ0n) is 20.8. The lowest BCUT2D eigenvalue weighted by Crippen LogP contribution is -2.40. The van der Waals surface area contributed by atoms with Crippen molar-refractivity contribution >= 4 is 62.4 Å². The minimum Gasteiger partial charge on any atom is -0.378 e. The molecule has 2 N–H and O–H groups in total. The summed E-state index contributed by atoms with van der Waals surface area (Å²) in [5.74, 6) is 0.137. The fourth-order valence-electron chi connectivity index (χ4n) is 3.79. The van der Waals surface area contributed by atoms with Crippen LogP contribution >= 0.6 is 34.9 Å². The summed E-state index contributed by atoms with van der Waals surface area (Å²) < 4.78 is 0. The number of aromatic nitrogens is 2. The monoisotopic (exact) mass is 528 g/mol. The van der Waals surface area contributed by atoms with Crippen molar-refractivity contribution in [3.05, 3.63) is 51.4 Å². The Labute approximate surface area is 220 Å². The lowest BCUT2D eigenvalue weighted by Gasteiger charge is -2.33. The molecule has 1 aliphatic rings. The smallest absolute Gasteiger partial charge is 0.276 e. The van der Waals surface area contributed by atoms with Gasteiger partial charge in [0, 0.05) is 60.7 Å². The molecule has 35 heavy (non-hydrogen) atoms. The van der Waals surface area contributed by atoms with Crippen LogP contribution in [0.25, 0.3) is 0 Å². The molecule has 1 fully saturated rings. The third kappa shape index (κ3) is 6.36. The molecule has 1 aromatic carbocycles. The number of thiazole rings is 2. The van der Waals surface area contributed by atoms with Crippen LogP contribution < -0.4 is 15.5 Å². The van der Waals surface area contributed by atoms with E-state index in [1.807, 2.05) is 37.0 Å². The zero-order valence-corrected chi connectivity index (χ0v) is 23.2. The molecule has 0 aliphatic carbocycles. The highest BCUT2D eigenvalue weighted by Crippen LogP contribution is 2.31. The molecule has 0 saturated carbocycles. The first-order valence-electron chi connectivity index (χ1n) is 11.7. The molecule has 0 unspecified atom stereocenters. The lowest BCUT2D eigenvalue weighted by molar-refractivity contribution is 0.102. The molecule has 1 amide bonds. The van der Waals surface area contributed by atoms with Crippen LogP contribution in [0.2, 0.25) is 0 Å². The van der Waals surface area contributed by atoms with E-state index < -0.39 is 0 Å². The lowest BCUT2D eigenvalue weighted by atomic mass is 9.93. The van der Waals surface area contributed by atoms with Crippen LogP contribution in [0, 0.1) is 0 Å². The molecule has 1 saturated heterocycles. The number of piperidine rings is 1. The fraction of sp³-hybridized carbons (Fsp3) is 0.440. The van der Waals surface area contributed by atoms with Crippen molar-refractivity contribution in [3.63, 3.8) is 0 Å². The summed E-state index contributed by atoms with van der Waals surface area (Å²) in [4.78, 5) is 26.2. The second-order valence-electron chi connectivity index (χ2n) is 9.95. The maximum Gasteiger partial charge on any atom is 0.276 e. The highest BCUT2D eigenvalue weighted by Gasteiger charge is 2.26. The second-order valence-corrected chi connectivity index (χ2v) is 12.1. The molecule has 3 heterocycles. The van der Waals surface area contributed by atoms with E-state index >= 15 is 0 Å². The van der Waals surface area contributed by atoms with Crippen LogP contribution in [0.4, 0.5) is 16.5 Å². The number of carbonyl (C=O) groups is 1. The summed E-state index contributed by atoms with van der Waals surface area (Å²) in [5.41, 5.74) is 3.53. The second kappa shape index (κ2) is 10.6. The van der Waals surface area contributed by atoms with Gasteiger partial charge < -0.3 is 15.1 Å². The minimum absolute atomic E-state index is 0.0450. The average molecular weight is 529 g/mol. The average Bonchev–Trinajstić information content (AvgIpc) is 3.50. The topological polar surface area (TPSA) is 73.4 Å². The molecule has 3 aromatic rings. The van der Waals surface area contributed by atoms with E-state index in [2.05, 4.69) is 63.3 Å². The summed E-state index contributed by atoms with van der Waals surface area (Å²) in [6.07, 6.45) is 1.91. The fourth-order valence-corrected chi connectivity index (χ4v) is 6.00. The number of nitrogens with zero attached hydrogens (tertiary/aromatic N) is 4. The number of benzene rings is 1. The van der Waals surface area contributed by atoms with Gasteiger partial charge in [-0.2, -0.15) is 0 Å². The highest BCUT2D eigenvalue weighted by molar-refractivity contribution is 7.80. The van der Waals surface area contributed by atoms with E-state index in [1.54, 1.807) is 11.3 Å². The molecule has 10 heteroatoms. The summed E-state index contributed by atoms with van der Waals surface area (Å²) in [7, 11) is 4.05. The molecule has 2 aromatic heterocycles. The Morgan fingerprint density at radius 3 is 2.34 bits per heavy atom. The Bertz CT molecular complexity index is 1170. The van der Waals surface area contributed by atoms with Crippen molar-refractivity contribution in [1.82, 2.24) is 14.9 Å². The number of hydrogen-bond acceptors (Lipinski definition) is 7. The van der Waals surface area contributed by atoms with Crippen LogP contribution in [0.3, 0.4) is 0 Å². The van der Waals surface area contributed by atoms with Gasteiger partial charge in [0.25, 0.3) is 5.91 Å². The largest absolute Gasteiger partial charge is 0.378 e. The van der Waals surface area contributed by atoms with E-state index in [0.717, 1.165) is 53.1 Å². The van der Waals surface area contributed by atoms with Crippen LogP contribution in [0.5, 0.6) is 0 Å². The molecule has 0 atom stereocenters. The molecule has 4 rings (SSSR count). The van der Waals surface area contributed by atoms with E-state index in [1.165, 1.54) is 11.3 Å². The van der Waals surface area contributed by atoms with Crippen molar-refractivity contribution in [3.8, 4) is 0 Å². The number of likely N-dealkylation sites (tertiary alicyclic amines) is 1. The van der Waals surface area contributed by atoms with Gasteiger partial charge in [0.15, 0.2) is 10.2 Å². The summed E-state index contributed by atoms with van der Waals surface area (Å²) in [5, 5.41) is 12.5. The minimum atomic E-state index is -0.203. The number of carbonyl (C=O) groups excluding carboxylic acids is 1. The third-order valence-electron chi connectivity index (χ3n) is 6.01. The molecule has 7 nitrogen and oxygen atoms in total. The van der Waals surface area contributed by atoms with E-state index in [4.69, 9.17) is 12.2 Å². The number of hydrogen-bond donors (Lipinski definition) is 2. The van der Waals surface area contributed by atoms with Gasteiger partial charge in [0.2, 0.25) is 0 Å². The number of amides is 1. The Kier molecular flexibility index (Phi) is 7.73. The Hall–Kier alpha value is -2.56. The summed E-state index contributed by atoms with van der Waals surface area (Å²) >= 11 is 8.66. The molecule has 0 spiro atoms. The predicted molar refractivity (Wildman–Crippen MR) is 151 cm³/mol. The number of thiocarbonyl (C=S) groups is 1. The van der Waals surface area contributed by atoms with Gasteiger partial charge in [0.05, 0.1) is 10.7 Å². The Morgan fingerprint density at radius 1 is 1.06 bits per heavy atom. The van der Waals surface area contributed by atoms with Crippen LogP contribution in [-0.2, 0) is 5.41 Å². The molecule has 1 aliphatic heterocycles. The van der Waals surface area contributed by atoms with Gasteiger partial charge in [-0.25, -0.2) is 9.97 Å². The molecule has 186 valence electrons. The number of anilines is 3. The van der Waals surface area contributed by atoms with Gasteiger partial charge in [-0.15, -0.1) is 22.7 Å². The number of rotatable bonds is 5. The summed E-state index contributed by atoms with van der Waals surface area (Å²) in [6.45, 7) is 8.05. The third-order valence-corrected chi connectivity index (χ3v) is 8.14. The quantitative estimate of drug-likeness (QED) is 0.406. The van der Waals surface area contributed by atoms with Crippen LogP contribution in [0.1, 0.15) is 60.7 Å². The van der Waals surface area contributed by atoms with Gasteiger partial charge in [-0.1, -0.05) is 20.8 Å². The van der Waals surface area contributed by atoms with Crippen molar-refractivity contribution in [2.75, 3.05) is 42.7 Å². The van der Waals surface area contributed by atoms with Gasteiger partial charge in [0.1, 0.15) is 5.69 Å². The van der Waals surface area contributed by atoms with Crippen molar-refractivity contribution in [2.24, 2.45) is 0 Å². The zero-order chi connectivity index (χ0) is 25.2. The first-order valence-corrected chi connectivity index (χ1v) is 13.8. The maximum absolute atomic E-state index is 12.7. The highest BCUT2D eigenvalue weighted by atomic mass is 32.1.